The third kappa shape index (κ3) is 4.40. The molecule has 138 valence electrons. The van der Waals surface area contributed by atoms with Crippen molar-refractivity contribution in [3.8, 4) is 5.75 Å². The summed E-state index contributed by atoms with van der Waals surface area (Å²) in [6.07, 6.45) is 1.61. The standard InChI is InChI=1S/C20H16ClNO4S/c1-2-26-17-6-4-3-5-14(17)11-18-19(24)22(20(25)27-18)12-16(23)13-7-9-15(21)10-8-13/h3-11H,2,12H2,1H3/b18-11+. The number of amides is 2. The van der Waals surface area contributed by atoms with Gasteiger partial charge in [0.15, 0.2) is 5.78 Å². The number of hydrogen-bond acceptors (Lipinski definition) is 5. The third-order valence-corrected chi connectivity index (χ3v) is 5.01. The quantitative estimate of drug-likeness (QED) is 0.520. The van der Waals surface area contributed by atoms with Crippen LogP contribution in [0.25, 0.3) is 6.08 Å². The predicted molar refractivity (Wildman–Crippen MR) is 106 cm³/mol. The van der Waals surface area contributed by atoms with Gasteiger partial charge < -0.3 is 4.74 Å². The van der Waals surface area contributed by atoms with E-state index in [0.29, 0.717) is 28.5 Å². The molecule has 0 aromatic heterocycles. The molecule has 5 nitrogen and oxygen atoms in total. The monoisotopic (exact) mass is 401 g/mol. The Morgan fingerprint density at radius 2 is 1.85 bits per heavy atom. The van der Waals surface area contributed by atoms with Crippen LogP contribution in [0, 0.1) is 0 Å². The van der Waals surface area contributed by atoms with Crippen molar-refractivity contribution in [2.45, 2.75) is 6.92 Å². The first-order chi connectivity index (χ1) is 13.0. The van der Waals surface area contributed by atoms with Crippen LogP contribution in [0.3, 0.4) is 0 Å². The largest absolute Gasteiger partial charge is 0.493 e. The number of imide groups is 1. The van der Waals surface area contributed by atoms with Gasteiger partial charge in [0.05, 0.1) is 18.1 Å². The van der Waals surface area contributed by atoms with Crippen molar-refractivity contribution in [3.63, 3.8) is 0 Å². The number of carbonyl (C=O) groups excluding carboxylic acids is 3. The van der Waals surface area contributed by atoms with Gasteiger partial charge in [0, 0.05) is 16.1 Å². The fraction of sp³-hybridized carbons (Fsp3) is 0.150. The lowest BCUT2D eigenvalue weighted by Crippen LogP contribution is -2.33. The molecule has 3 rings (SSSR count). The molecule has 0 aliphatic carbocycles. The molecule has 0 atom stereocenters. The molecule has 2 amide bonds. The van der Waals surface area contributed by atoms with Crippen molar-refractivity contribution >= 4 is 46.4 Å². The van der Waals surface area contributed by atoms with Gasteiger partial charge in [0.1, 0.15) is 5.75 Å². The van der Waals surface area contributed by atoms with Gasteiger partial charge in [0.25, 0.3) is 11.1 Å². The summed E-state index contributed by atoms with van der Waals surface area (Å²) in [5.41, 5.74) is 1.10. The second kappa shape index (κ2) is 8.41. The van der Waals surface area contributed by atoms with E-state index in [1.165, 1.54) is 0 Å². The maximum atomic E-state index is 12.6. The van der Waals surface area contributed by atoms with Gasteiger partial charge in [-0.2, -0.15) is 0 Å². The smallest absolute Gasteiger partial charge is 0.293 e. The zero-order chi connectivity index (χ0) is 19.4. The molecule has 0 radical (unpaired) electrons. The average molecular weight is 402 g/mol. The summed E-state index contributed by atoms with van der Waals surface area (Å²) in [6, 6.07) is 13.6. The minimum Gasteiger partial charge on any atom is -0.493 e. The lowest BCUT2D eigenvalue weighted by atomic mass is 10.1. The highest BCUT2D eigenvalue weighted by Crippen LogP contribution is 2.34. The third-order valence-electron chi connectivity index (χ3n) is 3.85. The molecule has 27 heavy (non-hydrogen) atoms. The average Bonchev–Trinajstić information content (AvgIpc) is 2.91. The Morgan fingerprint density at radius 1 is 1.15 bits per heavy atom. The second-order valence-corrected chi connectivity index (χ2v) is 7.10. The second-order valence-electron chi connectivity index (χ2n) is 5.67. The van der Waals surface area contributed by atoms with Crippen LogP contribution in [-0.2, 0) is 4.79 Å². The van der Waals surface area contributed by atoms with E-state index in [1.54, 1.807) is 42.5 Å². The first-order valence-corrected chi connectivity index (χ1v) is 9.45. The Bertz CT molecular complexity index is 924. The minimum absolute atomic E-state index is 0.260. The van der Waals surface area contributed by atoms with Crippen molar-refractivity contribution in [1.29, 1.82) is 0 Å². The Balaban J connectivity index is 1.79. The van der Waals surface area contributed by atoms with Crippen LogP contribution in [0.5, 0.6) is 5.75 Å². The first kappa shape index (κ1) is 19.2. The number of ether oxygens (including phenoxy) is 1. The van der Waals surface area contributed by atoms with Crippen LogP contribution in [0.4, 0.5) is 4.79 Å². The first-order valence-electron chi connectivity index (χ1n) is 8.25. The van der Waals surface area contributed by atoms with Crippen LogP contribution in [0.2, 0.25) is 5.02 Å². The molecule has 0 N–H and O–H groups in total. The number of ketones is 1. The van der Waals surface area contributed by atoms with Crippen LogP contribution < -0.4 is 4.74 Å². The molecule has 0 spiro atoms. The number of halogens is 1. The van der Waals surface area contributed by atoms with Gasteiger partial charge in [-0.1, -0.05) is 29.8 Å². The van der Waals surface area contributed by atoms with Gasteiger partial charge in [-0.3, -0.25) is 19.3 Å². The van der Waals surface area contributed by atoms with Crippen LogP contribution in [0.15, 0.2) is 53.4 Å². The van der Waals surface area contributed by atoms with E-state index in [4.69, 9.17) is 16.3 Å². The highest BCUT2D eigenvalue weighted by Gasteiger charge is 2.36. The number of para-hydroxylation sites is 1. The molecule has 1 fully saturated rings. The van der Waals surface area contributed by atoms with Gasteiger partial charge in [-0.15, -0.1) is 0 Å². The number of nitrogens with zero attached hydrogens (tertiary/aromatic N) is 1. The summed E-state index contributed by atoms with van der Waals surface area (Å²) in [5, 5.41) is 0.0380. The van der Waals surface area contributed by atoms with E-state index in [-0.39, 0.29) is 17.2 Å². The van der Waals surface area contributed by atoms with E-state index in [2.05, 4.69) is 0 Å². The Kier molecular flexibility index (Phi) is 5.98. The molecule has 1 saturated heterocycles. The number of benzene rings is 2. The summed E-state index contributed by atoms with van der Waals surface area (Å²) in [6.45, 7) is 2.05. The summed E-state index contributed by atoms with van der Waals surface area (Å²) >= 11 is 6.63. The van der Waals surface area contributed by atoms with Gasteiger partial charge in [-0.05, 0) is 55.1 Å². The number of carbonyl (C=O) groups is 3. The summed E-state index contributed by atoms with van der Waals surface area (Å²) in [5.74, 6) is -0.187. The Morgan fingerprint density at radius 3 is 2.56 bits per heavy atom. The zero-order valence-electron chi connectivity index (χ0n) is 14.5. The van der Waals surface area contributed by atoms with Crippen molar-refractivity contribution in [2.24, 2.45) is 0 Å². The van der Waals surface area contributed by atoms with Crippen molar-refractivity contribution < 1.29 is 19.1 Å². The van der Waals surface area contributed by atoms with E-state index >= 15 is 0 Å². The van der Waals surface area contributed by atoms with Crippen molar-refractivity contribution in [1.82, 2.24) is 4.90 Å². The molecule has 7 heteroatoms. The molecular weight excluding hydrogens is 386 g/mol. The fourth-order valence-electron chi connectivity index (χ4n) is 2.53. The predicted octanol–water partition coefficient (Wildman–Crippen LogP) is 4.66. The molecule has 0 saturated carbocycles. The highest BCUT2D eigenvalue weighted by atomic mass is 35.5. The van der Waals surface area contributed by atoms with Crippen LogP contribution >= 0.6 is 23.4 Å². The summed E-state index contributed by atoms with van der Waals surface area (Å²) in [7, 11) is 0. The maximum Gasteiger partial charge on any atom is 0.293 e. The summed E-state index contributed by atoms with van der Waals surface area (Å²) in [4.78, 5) is 38.4. The molecule has 2 aromatic carbocycles. The van der Waals surface area contributed by atoms with Crippen molar-refractivity contribution in [2.75, 3.05) is 13.2 Å². The fourth-order valence-corrected chi connectivity index (χ4v) is 3.49. The lowest BCUT2D eigenvalue weighted by molar-refractivity contribution is -0.122. The summed E-state index contributed by atoms with van der Waals surface area (Å²) < 4.78 is 5.54. The van der Waals surface area contributed by atoms with Gasteiger partial charge in [-0.25, -0.2) is 0 Å². The normalized spacial score (nSPS) is 15.5. The van der Waals surface area contributed by atoms with E-state index < -0.39 is 11.1 Å². The zero-order valence-corrected chi connectivity index (χ0v) is 16.0. The number of hydrogen-bond donors (Lipinski definition) is 0. The molecule has 2 aromatic rings. The number of Topliss-reactive ketones (excluding diaryl/α,β-unsaturated/α-hetero) is 1. The number of thioether (sulfide) groups is 1. The molecule has 1 heterocycles. The van der Waals surface area contributed by atoms with E-state index in [0.717, 1.165) is 16.7 Å². The lowest BCUT2D eigenvalue weighted by Gasteiger charge is -2.11. The van der Waals surface area contributed by atoms with Gasteiger partial charge >= 0.3 is 0 Å². The molecule has 0 bridgehead atoms. The minimum atomic E-state index is -0.487. The molecule has 0 unspecified atom stereocenters. The molecule has 1 aliphatic heterocycles. The molecular formula is C20H16ClNO4S. The van der Waals surface area contributed by atoms with Gasteiger partial charge in [0.2, 0.25) is 0 Å². The topological polar surface area (TPSA) is 63.7 Å². The highest BCUT2D eigenvalue weighted by molar-refractivity contribution is 8.18. The Labute approximate surface area is 165 Å². The molecule has 1 aliphatic rings. The van der Waals surface area contributed by atoms with E-state index in [9.17, 15) is 14.4 Å². The van der Waals surface area contributed by atoms with E-state index in [1.807, 2.05) is 19.1 Å². The SMILES string of the molecule is CCOc1ccccc1/C=C1/SC(=O)N(CC(=O)c2ccc(Cl)cc2)C1=O. The maximum absolute atomic E-state index is 12.6. The Hall–Kier alpha value is -2.57. The number of rotatable bonds is 6. The van der Waals surface area contributed by atoms with Crippen LogP contribution in [-0.4, -0.2) is 35.0 Å². The van der Waals surface area contributed by atoms with Crippen molar-refractivity contribution in [3.05, 3.63) is 69.6 Å². The van der Waals surface area contributed by atoms with Crippen LogP contribution in [0.1, 0.15) is 22.8 Å².